The van der Waals surface area contributed by atoms with Crippen molar-refractivity contribution >= 4 is 27.3 Å². The lowest BCUT2D eigenvalue weighted by Gasteiger charge is -2.36. The molecule has 0 bridgehead atoms. The molecule has 6 nitrogen and oxygen atoms in total. The summed E-state index contributed by atoms with van der Waals surface area (Å²) in [6.07, 6.45) is 0. The molecular formula is C20H26ClN3O3S. The van der Waals surface area contributed by atoms with Crippen LogP contribution in [0.5, 0.6) is 5.75 Å². The number of para-hydroxylation sites is 2. The fourth-order valence-corrected chi connectivity index (χ4v) is 4.70. The zero-order valence-corrected chi connectivity index (χ0v) is 17.5. The second-order valence-electron chi connectivity index (χ2n) is 6.78. The molecule has 1 fully saturated rings. The molecular weight excluding hydrogens is 398 g/mol. The van der Waals surface area contributed by atoms with E-state index in [-0.39, 0.29) is 5.75 Å². The highest BCUT2D eigenvalue weighted by Crippen LogP contribution is 2.28. The minimum Gasteiger partial charge on any atom is -0.495 e. The Morgan fingerprint density at radius 1 is 1.07 bits per heavy atom. The molecule has 0 aliphatic carbocycles. The summed E-state index contributed by atoms with van der Waals surface area (Å²) >= 11 is 5.92. The maximum atomic E-state index is 12.3. The quantitative estimate of drug-likeness (QED) is 0.707. The van der Waals surface area contributed by atoms with E-state index >= 15 is 0 Å². The van der Waals surface area contributed by atoms with Crippen molar-refractivity contribution < 1.29 is 13.2 Å². The maximum absolute atomic E-state index is 12.3. The topological polar surface area (TPSA) is 61.9 Å². The average molecular weight is 424 g/mol. The molecule has 0 spiro atoms. The number of piperazine rings is 1. The molecule has 0 unspecified atom stereocenters. The predicted octanol–water partition coefficient (Wildman–Crippen LogP) is 2.59. The van der Waals surface area contributed by atoms with Crippen LogP contribution in [0.4, 0.5) is 5.69 Å². The van der Waals surface area contributed by atoms with Crippen LogP contribution >= 0.6 is 11.6 Å². The molecule has 1 aliphatic rings. The Morgan fingerprint density at radius 2 is 1.82 bits per heavy atom. The van der Waals surface area contributed by atoms with Crippen LogP contribution in [0.3, 0.4) is 0 Å². The van der Waals surface area contributed by atoms with E-state index in [1.54, 1.807) is 31.4 Å². The number of hydrogen-bond donors (Lipinski definition) is 1. The van der Waals surface area contributed by atoms with Crippen LogP contribution in [0.25, 0.3) is 0 Å². The Labute approximate surface area is 172 Å². The first kappa shape index (κ1) is 20.9. The van der Waals surface area contributed by atoms with Gasteiger partial charge >= 0.3 is 0 Å². The fourth-order valence-electron chi connectivity index (χ4n) is 3.36. The third-order valence-electron chi connectivity index (χ3n) is 4.79. The van der Waals surface area contributed by atoms with Crippen LogP contribution in [0, 0.1) is 0 Å². The Kier molecular flexibility index (Phi) is 7.18. The minimum atomic E-state index is -3.38. The van der Waals surface area contributed by atoms with E-state index in [1.807, 2.05) is 18.2 Å². The molecule has 0 saturated carbocycles. The van der Waals surface area contributed by atoms with E-state index in [4.69, 9.17) is 16.3 Å². The highest BCUT2D eigenvalue weighted by molar-refractivity contribution is 7.88. The van der Waals surface area contributed by atoms with E-state index in [0.717, 1.165) is 37.6 Å². The molecule has 0 aromatic heterocycles. The number of anilines is 1. The van der Waals surface area contributed by atoms with Gasteiger partial charge in [0.2, 0.25) is 10.0 Å². The van der Waals surface area contributed by atoms with E-state index < -0.39 is 10.0 Å². The number of benzene rings is 2. The molecule has 1 N–H and O–H groups in total. The second-order valence-corrected chi connectivity index (χ2v) is 9.03. The van der Waals surface area contributed by atoms with Crippen molar-refractivity contribution in [3.05, 3.63) is 59.1 Å². The van der Waals surface area contributed by atoms with Gasteiger partial charge in [-0.1, -0.05) is 35.9 Å². The molecule has 152 valence electrons. The Morgan fingerprint density at radius 3 is 2.54 bits per heavy atom. The van der Waals surface area contributed by atoms with E-state index in [2.05, 4.69) is 20.6 Å². The van der Waals surface area contributed by atoms with Crippen LogP contribution in [0.2, 0.25) is 5.02 Å². The first-order valence-electron chi connectivity index (χ1n) is 9.29. The van der Waals surface area contributed by atoms with Gasteiger partial charge in [-0.15, -0.1) is 0 Å². The normalized spacial score (nSPS) is 15.6. The second kappa shape index (κ2) is 9.60. The number of ether oxygens (including phenoxy) is 1. The third-order valence-corrected chi connectivity index (χ3v) is 6.39. The molecule has 28 heavy (non-hydrogen) atoms. The van der Waals surface area contributed by atoms with Gasteiger partial charge in [-0.3, -0.25) is 4.90 Å². The number of rotatable bonds is 8. The highest BCUT2D eigenvalue weighted by atomic mass is 35.5. The summed E-state index contributed by atoms with van der Waals surface area (Å²) in [5.41, 5.74) is 1.79. The SMILES string of the molecule is COc1ccccc1N1CCN(CCNS(=O)(=O)Cc2cccc(Cl)c2)CC1. The molecule has 1 aliphatic heterocycles. The number of halogens is 1. The number of methoxy groups -OCH3 is 1. The number of nitrogens with zero attached hydrogens (tertiary/aromatic N) is 2. The highest BCUT2D eigenvalue weighted by Gasteiger charge is 2.20. The van der Waals surface area contributed by atoms with Crippen molar-refractivity contribution in [3.63, 3.8) is 0 Å². The van der Waals surface area contributed by atoms with Gasteiger partial charge in [0.15, 0.2) is 0 Å². The lowest BCUT2D eigenvalue weighted by Crippen LogP contribution is -2.48. The van der Waals surface area contributed by atoms with Crippen LogP contribution in [-0.4, -0.2) is 59.7 Å². The van der Waals surface area contributed by atoms with Crippen LogP contribution in [0.15, 0.2) is 48.5 Å². The van der Waals surface area contributed by atoms with Gasteiger partial charge < -0.3 is 9.64 Å². The number of nitrogens with one attached hydrogen (secondary N) is 1. The van der Waals surface area contributed by atoms with Gasteiger partial charge in [0.05, 0.1) is 18.6 Å². The lowest BCUT2D eigenvalue weighted by atomic mass is 10.2. The summed E-state index contributed by atoms with van der Waals surface area (Å²) in [6, 6.07) is 15.0. The average Bonchev–Trinajstić information content (AvgIpc) is 2.68. The van der Waals surface area contributed by atoms with Gasteiger partial charge in [0.25, 0.3) is 0 Å². The maximum Gasteiger partial charge on any atom is 0.215 e. The van der Waals surface area contributed by atoms with E-state index in [9.17, 15) is 8.42 Å². The summed E-state index contributed by atoms with van der Waals surface area (Å²) in [7, 11) is -1.69. The number of sulfonamides is 1. The summed E-state index contributed by atoms with van der Waals surface area (Å²) in [5, 5.41) is 0.542. The molecule has 2 aromatic rings. The summed E-state index contributed by atoms with van der Waals surface area (Å²) in [5.74, 6) is 0.819. The van der Waals surface area contributed by atoms with Gasteiger partial charge in [0, 0.05) is 44.3 Å². The van der Waals surface area contributed by atoms with E-state index in [0.29, 0.717) is 23.7 Å². The first-order chi connectivity index (χ1) is 13.5. The lowest BCUT2D eigenvalue weighted by molar-refractivity contribution is 0.261. The van der Waals surface area contributed by atoms with Gasteiger partial charge in [0.1, 0.15) is 5.75 Å². The summed E-state index contributed by atoms with van der Waals surface area (Å²) < 4.78 is 32.7. The molecule has 1 saturated heterocycles. The van der Waals surface area contributed by atoms with Crippen molar-refractivity contribution in [1.29, 1.82) is 0 Å². The zero-order chi connectivity index (χ0) is 20.0. The molecule has 3 rings (SSSR count). The third kappa shape index (κ3) is 5.85. The Hall–Kier alpha value is -1.80. The molecule has 8 heteroatoms. The molecule has 2 aromatic carbocycles. The van der Waals surface area contributed by atoms with Crippen LogP contribution < -0.4 is 14.4 Å². The largest absolute Gasteiger partial charge is 0.495 e. The Bertz CT molecular complexity index is 884. The van der Waals surface area contributed by atoms with Crippen molar-refractivity contribution in [2.24, 2.45) is 0 Å². The molecule has 1 heterocycles. The number of hydrogen-bond acceptors (Lipinski definition) is 5. The van der Waals surface area contributed by atoms with Gasteiger partial charge in [-0.05, 0) is 29.8 Å². The van der Waals surface area contributed by atoms with Crippen molar-refractivity contribution in [1.82, 2.24) is 9.62 Å². The van der Waals surface area contributed by atoms with Crippen molar-refractivity contribution in [3.8, 4) is 5.75 Å². The summed E-state index contributed by atoms with van der Waals surface area (Å²) in [6.45, 7) is 4.62. The van der Waals surface area contributed by atoms with E-state index in [1.165, 1.54) is 0 Å². The fraction of sp³-hybridized carbons (Fsp3) is 0.400. The molecule has 0 amide bonds. The smallest absolute Gasteiger partial charge is 0.215 e. The standard InChI is InChI=1S/C20H26ClN3O3S/c1-27-20-8-3-2-7-19(20)24-13-11-23(12-14-24)10-9-22-28(25,26)16-17-5-4-6-18(21)15-17/h2-8,15,22H,9-14,16H2,1H3. The van der Waals surface area contributed by atoms with Gasteiger partial charge in [-0.2, -0.15) is 0 Å². The predicted molar refractivity (Wildman–Crippen MR) is 114 cm³/mol. The first-order valence-corrected chi connectivity index (χ1v) is 11.3. The minimum absolute atomic E-state index is 0.0604. The Balaban J connectivity index is 1.44. The van der Waals surface area contributed by atoms with Crippen molar-refractivity contribution in [2.45, 2.75) is 5.75 Å². The summed E-state index contributed by atoms with van der Waals surface area (Å²) in [4.78, 5) is 4.58. The van der Waals surface area contributed by atoms with Gasteiger partial charge in [-0.25, -0.2) is 13.1 Å². The molecule has 0 radical (unpaired) electrons. The molecule has 0 atom stereocenters. The zero-order valence-electron chi connectivity index (χ0n) is 16.0. The van der Waals surface area contributed by atoms with Crippen LogP contribution in [-0.2, 0) is 15.8 Å². The van der Waals surface area contributed by atoms with Crippen molar-refractivity contribution in [2.75, 3.05) is 51.3 Å². The van der Waals surface area contributed by atoms with Crippen LogP contribution in [0.1, 0.15) is 5.56 Å². The monoisotopic (exact) mass is 423 g/mol.